The molecule has 138 valence electrons. The van der Waals surface area contributed by atoms with Crippen LogP contribution in [0.4, 0.5) is 11.8 Å². The normalized spacial score (nSPS) is 19.7. The fourth-order valence-corrected chi connectivity index (χ4v) is 3.24. The lowest BCUT2D eigenvalue weighted by Crippen LogP contribution is -2.43. The van der Waals surface area contributed by atoms with E-state index in [0.29, 0.717) is 18.3 Å². The van der Waals surface area contributed by atoms with E-state index in [0.717, 1.165) is 32.1 Å². The smallest absolute Gasteiger partial charge is 0.254 e. The van der Waals surface area contributed by atoms with Crippen molar-refractivity contribution in [1.82, 2.24) is 9.97 Å². The summed E-state index contributed by atoms with van der Waals surface area (Å²) in [6, 6.07) is 10.4. The molecule has 1 aromatic carbocycles. The van der Waals surface area contributed by atoms with Crippen LogP contribution < -0.4 is 22.1 Å². The highest BCUT2D eigenvalue weighted by atomic mass is 16.1. The summed E-state index contributed by atoms with van der Waals surface area (Å²) in [4.78, 5) is 20.4. The quantitative estimate of drug-likeness (QED) is 0.603. The van der Waals surface area contributed by atoms with Gasteiger partial charge in [-0.1, -0.05) is 43.2 Å². The van der Waals surface area contributed by atoms with Crippen molar-refractivity contribution in [2.24, 2.45) is 11.5 Å². The summed E-state index contributed by atoms with van der Waals surface area (Å²) in [6.45, 7) is 0.643. The molecule has 7 heteroatoms. The first-order valence-electron chi connectivity index (χ1n) is 9.10. The Morgan fingerprint density at radius 2 is 1.96 bits per heavy atom. The molecule has 1 aromatic heterocycles. The average molecular weight is 354 g/mol. The van der Waals surface area contributed by atoms with E-state index in [4.69, 9.17) is 11.5 Å². The zero-order valence-electron chi connectivity index (χ0n) is 14.8. The molecule has 2 aromatic rings. The van der Waals surface area contributed by atoms with Crippen LogP contribution in [0.15, 0.2) is 36.5 Å². The van der Waals surface area contributed by atoms with Crippen LogP contribution in [-0.4, -0.2) is 34.5 Å². The lowest BCUT2D eigenvalue weighted by atomic mass is 9.91. The lowest BCUT2D eigenvalue weighted by molar-refractivity contribution is 0.100. The summed E-state index contributed by atoms with van der Waals surface area (Å²) in [5, 5.41) is 6.51. The van der Waals surface area contributed by atoms with E-state index in [-0.39, 0.29) is 17.6 Å². The van der Waals surface area contributed by atoms with Crippen molar-refractivity contribution in [3.63, 3.8) is 0 Å². The van der Waals surface area contributed by atoms with Crippen molar-refractivity contribution in [3.8, 4) is 0 Å². The lowest BCUT2D eigenvalue weighted by Gasteiger charge is -2.29. The molecule has 1 heterocycles. The van der Waals surface area contributed by atoms with Crippen LogP contribution in [0.1, 0.15) is 41.6 Å². The number of hydrogen-bond acceptors (Lipinski definition) is 6. The second-order valence-corrected chi connectivity index (χ2v) is 6.68. The number of nitrogens with one attached hydrogen (secondary N) is 2. The number of hydrogen-bond donors (Lipinski definition) is 4. The predicted molar refractivity (Wildman–Crippen MR) is 103 cm³/mol. The highest BCUT2D eigenvalue weighted by molar-refractivity contribution is 5.97. The van der Waals surface area contributed by atoms with Crippen LogP contribution in [0.25, 0.3) is 0 Å². The van der Waals surface area contributed by atoms with Gasteiger partial charge in [0.2, 0.25) is 5.95 Å². The van der Waals surface area contributed by atoms with Gasteiger partial charge in [0.25, 0.3) is 5.91 Å². The summed E-state index contributed by atoms with van der Waals surface area (Å²) in [5.74, 6) is 0.378. The van der Waals surface area contributed by atoms with Gasteiger partial charge in [0.05, 0.1) is 5.56 Å². The maximum Gasteiger partial charge on any atom is 0.254 e. The molecule has 1 fully saturated rings. The second kappa shape index (κ2) is 8.62. The molecule has 26 heavy (non-hydrogen) atoms. The van der Waals surface area contributed by atoms with Gasteiger partial charge in [0, 0.05) is 24.8 Å². The number of nitrogens with two attached hydrogens (primary N) is 2. The first kappa shape index (κ1) is 18.1. The molecule has 1 aliphatic rings. The van der Waals surface area contributed by atoms with Crippen LogP contribution in [0.2, 0.25) is 0 Å². The molecule has 7 nitrogen and oxygen atoms in total. The standard InChI is InChI=1S/C19H26N6O/c20-15-8-4-5-9-16(15)24-19-23-12-14(17(21)26)18(25-19)22-11-10-13-6-2-1-3-7-13/h1-3,6-7,12,15-16H,4-5,8-11,20H2,(H2,21,26)(H2,22,23,24,25)/t15-,16?/m0/s1. The van der Waals surface area contributed by atoms with E-state index in [2.05, 4.69) is 32.7 Å². The zero-order chi connectivity index (χ0) is 18.4. The number of aromatic nitrogens is 2. The monoisotopic (exact) mass is 354 g/mol. The Morgan fingerprint density at radius 3 is 2.69 bits per heavy atom. The Bertz CT molecular complexity index is 736. The Labute approximate surface area is 153 Å². The number of carbonyl (C=O) groups excluding carboxylic acids is 1. The summed E-state index contributed by atoms with van der Waals surface area (Å²) in [7, 11) is 0. The Hall–Kier alpha value is -2.67. The van der Waals surface area contributed by atoms with Crippen molar-refractivity contribution in [1.29, 1.82) is 0 Å². The molecule has 2 atom stereocenters. The zero-order valence-corrected chi connectivity index (χ0v) is 14.8. The van der Waals surface area contributed by atoms with Gasteiger partial charge in [-0.05, 0) is 24.8 Å². The molecule has 3 rings (SSSR count). The third-order valence-electron chi connectivity index (χ3n) is 4.74. The SMILES string of the molecule is NC(=O)c1cnc(NC2CCCC[C@@H]2N)nc1NCCc1ccccc1. The molecule has 1 unspecified atom stereocenters. The van der Waals surface area contributed by atoms with E-state index < -0.39 is 5.91 Å². The van der Waals surface area contributed by atoms with Crippen LogP contribution in [0, 0.1) is 0 Å². The van der Waals surface area contributed by atoms with E-state index in [1.165, 1.54) is 11.8 Å². The number of carbonyl (C=O) groups is 1. The minimum Gasteiger partial charge on any atom is -0.369 e. The first-order valence-corrected chi connectivity index (χ1v) is 9.10. The van der Waals surface area contributed by atoms with Gasteiger partial charge >= 0.3 is 0 Å². The number of amides is 1. The largest absolute Gasteiger partial charge is 0.369 e. The van der Waals surface area contributed by atoms with Crippen molar-refractivity contribution >= 4 is 17.7 Å². The molecule has 0 bridgehead atoms. The molecule has 1 saturated carbocycles. The molecule has 1 aliphatic carbocycles. The van der Waals surface area contributed by atoms with Crippen molar-refractivity contribution in [2.45, 2.75) is 44.2 Å². The molecule has 6 N–H and O–H groups in total. The fourth-order valence-electron chi connectivity index (χ4n) is 3.24. The molecule has 0 saturated heterocycles. The van der Waals surface area contributed by atoms with Crippen LogP contribution in [0.3, 0.4) is 0 Å². The highest BCUT2D eigenvalue weighted by Crippen LogP contribution is 2.21. The van der Waals surface area contributed by atoms with Crippen LogP contribution >= 0.6 is 0 Å². The predicted octanol–water partition coefficient (Wildman–Crippen LogP) is 1.91. The van der Waals surface area contributed by atoms with E-state index in [9.17, 15) is 4.79 Å². The summed E-state index contributed by atoms with van der Waals surface area (Å²) >= 11 is 0. The number of primary amides is 1. The van der Waals surface area contributed by atoms with Crippen molar-refractivity contribution in [3.05, 3.63) is 47.7 Å². The topological polar surface area (TPSA) is 119 Å². The summed E-state index contributed by atoms with van der Waals surface area (Å²) in [5.41, 5.74) is 13.1. The number of nitrogens with zero attached hydrogens (tertiary/aromatic N) is 2. The Balaban J connectivity index is 1.68. The van der Waals surface area contributed by atoms with E-state index in [1.54, 1.807) is 0 Å². The van der Waals surface area contributed by atoms with Gasteiger partial charge in [-0.2, -0.15) is 4.98 Å². The number of benzene rings is 1. The van der Waals surface area contributed by atoms with E-state index >= 15 is 0 Å². The van der Waals surface area contributed by atoms with Crippen LogP contribution in [0.5, 0.6) is 0 Å². The second-order valence-electron chi connectivity index (χ2n) is 6.68. The average Bonchev–Trinajstić information content (AvgIpc) is 2.64. The van der Waals surface area contributed by atoms with Gasteiger partial charge in [0.1, 0.15) is 5.82 Å². The highest BCUT2D eigenvalue weighted by Gasteiger charge is 2.23. The Kier molecular flexibility index (Phi) is 6.01. The van der Waals surface area contributed by atoms with Gasteiger partial charge in [-0.3, -0.25) is 4.79 Å². The first-order chi connectivity index (χ1) is 12.6. The van der Waals surface area contributed by atoms with Crippen molar-refractivity contribution < 1.29 is 4.79 Å². The summed E-state index contributed by atoms with van der Waals surface area (Å²) < 4.78 is 0. The molecule has 0 radical (unpaired) electrons. The maximum atomic E-state index is 11.7. The molecular weight excluding hydrogens is 328 g/mol. The Morgan fingerprint density at radius 1 is 1.19 bits per heavy atom. The third kappa shape index (κ3) is 4.70. The third-order valence-corrected chi connectivity index (χ3v) is 4.74. The van der Waals surface area contributed by atoms with Gasteiger partial charge < -0.3 is 22.1 Å². The fraction of sp³-hybridized carbons (Fsp3) is 0.421. The van der Waals surface area contributed by atoms with E-state index in [1.807, 2.05) is 18.2 Å². The molecule has 0 spiro atoms. The molecular formula is C19H26N6O. The van der Waals surface area contributed by atoms with Gasteiger partial charge in [-0.25, -0.2) is 4.98 Å². The van der Waals surface area contributed by atoms with Crippen molar-refractivity contribution in [2.75, 3.05) is 17.2 Å². The summed E-state index contributed by atoms with van der Waals surface area (Å²) in [6.07, 6.45) is 6.59. The van der Waals surface area contributed by atoms with Gasteiger partial charge in [-0.15, -0.1) is 0 Å². The minimum absolute atomic E-state index is 0.0951. The maximum absolute atomic E-state index is 11.7. The molecule has 1 amide bonds. The molecule has 0 aliphatic heterocycles. The number of rotatable bonds is 7. The number of anilines is 2. The van der Waals surface area contributed by atoms with Crippen LogP contribution in [-0.2, 0) is 6.42 Å². The van der Waals surface area contributed by atoms with Gasteiger partial charge in [0.15, 0.2) is 0 Å². The minimum atomic E-state index is -0.548.